The van der Waals surface area contributed by atoms with Crippen LogP contribution in [0, 0.1) is 5.82 Å². The second-order valence-corrected chi connectivity index (χ2v) is 7.48. The van der Waals surface area contributed by atoms with Crippen LogP contribution in [0.5, 0.6) is 11.5 Å². The van der Waals surface area contributed by atoms with Crippen molar-refractivity contribution in [2.24, 2.45) is 4.99 Å². The van der Waals surface area contributed by atoms with Gasteiger partial charge in [-0.3, -0.25) is 14.8 Å². The van der Waals surface area contributed by atoms with Crippen molar-refractivity contribution in [2.45, 2.75) is 12.6 Å². The first-order valence-corrected chi connectivity index (χ1v) is 10.5. The summed E-state index contributed by atoms with van der Waals surface area (Å²) >= 11 is 0. The Hall–Kier alpha value is -3.95. The predicted octanol–water partition coefficient (Wildman–Crippen LogP) is 4.35. The van der Waals surface area contributed by atoms with E-state index < -0.39 is 23.5 Å². The Morgan fingerprint density at radius 2 is 1.91 bits per heavy atom. The van der Waals surface area contributed by atoms with Crippen LogP contribution in [0.1, 0.15) is 27.2 Å². The average Bonchev–Trinajstić information content (AvgIpc) is 3.34. The summed E-state index contributed by atoms with van der Waals surface area (Å²) in [5.74, 6) is -0.252. The van der Waals surface area contributed by atoms with Crippen molar-refractivity contribution in [3.8, 4) is 11.5 Å². The van der Waals surface area contributed by atoms with Crippen LogP contribution in [0.15, 0.2) is 65.8 Å². The number of benzene rings is 2. The molecule has 34 heavy (non-hydrogen) atoms. The highest BCUT2D eigenvalue weighted by atomic mass is 19.4. The van der Waals surface area contributed by atoms with Crippen molar-refractivity contribution in [3.63, 3.8) is 0 Å². The predicted molar refractivity (Wildman–Crippen MR) is 118 cm³/mol. The van der Waals surface area contributed by atoms with Crippen molar-refractivity contribution < 1.29 is 27.1 Å². The molecule has 1 aliphatic rings. The third-order valence-corrected chi connectivity index (χ3v) is 5.02. The number of hydrogen-bond acceptors (Lipinski definition) is 5. The molecule has 0 bridgehead atoms. The van der Waals surface area contributed by atoms with Gasteiger partial charge in [0.1, 0.15) is 28.8 Å². The molecule has 4 rings (SSSR count). The fourth-order valence-corrected chi connectivity index (χ4v) is 3.38. The van der Waals surface area contributed by atoms with Crippen molar-refractivity contribution in [3.05, 3.63) is 89.0 Å². The van der Waals surface area contributed by atoms with Crippen LogP contribution in [0.3, 0.4) is 0 Å². The normalized spacial score (nSPS) is 13.2. The lowest BCUT2D eigenvalue weighted by Gasteiger charge is -2.11. The summed E-state index contributed by atoms with van der Waals surface area (Å²) in [5.41, 5.74) is -0.201. The molecular weight excluding hydrogens is 452 g/mol. The van der Waals surface area contributed by atoms with Gasteiger partial charge in [-0.05, 0) is 48.4 Å². The summed E-state index contributed by atoms with van der Waals surface area (Å²) in [6.45, 7) is 1.64. The molecule has 0 radical (unpaired) electrons. The summed E-state index contributed by atoms with van der Waals surface area (Å²) in [5, 5.41) is 5.71. The van der Waals surface area contributed by atoms with E-state index in [9.17, 15) is 22.4 Å². The van der Waals surface area contributed by atoms with Gasteiger partial charge < -0.3 is 15.4 Å². The first-order chi connectivity index (χ1) is 16.3. The fourth-order valence-electron chi connectivity index (χ4n) is 3.38. The highest BCUT2D eigenvalue weighted by Gasteiger charge is 2.34. The number of aliphatic imine (C=N–C) groups is 1. The molecule has 2 aromatic carbocycles. The van der Waals surface area contributed by atoms with Gasteiger partial charge in [-0.25, -0.2) is 4.39 Å². The molecule has 0 aliphatic carbocycles. The molecule has 2 N–H and O–H groups in total. The van der Waals surface area contributed by atoms with Crippen molar-refractivity contribution >= 4 is 11.7 Å². The molecule has 176 valence electrons. The summed E-state index contributed by atoms with van der Waals surface area (Å²) in [7, 11) is 0. The topological polar surface area (TPSA) is 75.6 Å². The molecule has 0 saturated heterocycles. The van der Waals surface area contributed by atoms with Gasteiger partial charge in [0.05, 0.1) is 12.1 Å². The number of hydrogen-bond donors (Lipinski definition) is 2. The van der Waals surface area contributed by atoms with Crippen molar-refractivity contribution in [2.75, 3.05) is 19.6 Å². The lowest BCUT2D eigenvalue weighted by molar-refractivity contribution is -0.140. The van der Waals surface area contributed by atoms with E-state index in [1.807, 2.05) is 6.07 Å². The molecule has 1 aromatic heterocycles. The first-order valence-electron chi connectivity index (χ1n) is 10.5. The number of halogens is 4. The maximum atomic E-state index is 13.4. The van der Waals surface area contributed by atoms with Crippen LogP contribution in [0.2, 0.25) is 0 Å². The van der Waals surface area contributed by atoms with Crippen LogP contribution in [0.25, 0.3) is 0 Å². The Morgan fingerprint density at radius 3 is 2.68 bits per heavy atom. The van der Waals surface area contributed by atoms with Crippen molar-refractivity contribution in [1.82, 2.24) is 15.6 Å². The Kier molecular flexibility index (Phi) is 6.76. The molecule has 1 aliphatic heterocycles. The van der Waals surface area contributed by atoms with Crippen LogP contribution >= 0.6 is 0 Å². The molecule has 2 heterocycles. The van der Waals surface area contributed by atoms with Gasteiger partial charge in [-0.15, -0.1) is 0 Å². The summed E-state index contributed by atoms with van der Waals surface area (Å²) in [4.78, 5) is 20.9. The van der Waals surface area contributed by atoms with Gasteiger partial charge >= 0.3 is 6.18 Å². The number of rotatable bonds is 7. The highest BCUT2D eigenvalue weighted by Crippen LogP contribution is 2.32. The Balaban J connectivity index is 1.35. The number of carbonyl (C=O) groups excluding carboxylic acids is 1. The summed E-state index contributed by atoms with van der Waals surface area (Å²) < 4.78 is 57.9. The molecule has 0 fully saturated rings. The molecule has 3 aromatic rings. The number of nitrogens with one attached hydrogen (secondary N) is 2. The maximum Gasteiger partial charge on any atom is 0.419 e. The van der Waals surface area contributed by atoms with E-state index in [1.165, 1.54) is 0 Å². The first kappa shape index (κ1) is 23.2. The fraction of sp³-hybridized carbons (Fsp3) is 0.208. The van der Waals surface area contributed by atoms with Crippen LogP contribution in [-0.2, 0) is 12.6 Å². The van der Waals surface area contributed by atoms with E-state index >= 15 is 0 Å². The molecule has 0 saturated carbocycles. The Bertz CT molecular complexity index is 1230. The quantitative estimate of drug-likeness (QED) is 0.502. The third-order valence-electron chi connectivity index (χ3n) is 5.02. The summed E-state index contributed by atoms with van der Waals surface area (Å²) in [6.07, 6.45) is -2.83. The van der Waals surface area contributed by atoms with Gasteiger partial charge in [-0.1, -0.05) is 12.1 Å². The standard InChI is InChI=1S/C24H20F4N4O2/c25-20-5-4-16(13-19(20)24(26,27)28)23(33)32-8-6-15-2-1-3-17(12-15)34-18-7-9-29-21(14-18)22-30-10-11-31-22/h1-5,7,9,12-14H,6,8,10-11H2,(H,30,31)(H,32,33). The van der Waals surface area contributed by atoms with E-state index in [0.29, 0.717) is 42.3 Å². The van der Waals surface area contributed by atoms with E-state index in [1.54, 1.807) is 36.5 Å². The minimum Gasteiger partial charge on any atom is -0.457 e. The number of nitrogens with zero attached hydrogens (tertiary/aromatic N) is 2. The van der Waals surface area contributed by atoms with Crippen LogP contribution < -0.4 is 15.4 Å². The van der Waals surface area contributed by atoms with Crippen molar-refractivity contribution in [1.29, 1.82) is 0 Å². The minimum absolute atomic E-state index is 0.173. The minimum atomic E-state index is -4.88. The summed E-state index contributed by atoms with van der Waals surface area (Å²) in [6, 6.07) is 12.9. The van der Waals surface area contributed by atoms with Gasteiger partial charge in [0.15, 0.2) is 0 Å². The molecule has 6 nitrogen and oxygen atoms in total. The van der Waals surface area contributed by atoms with Gasteiger partial charge in [0.2, 0.25) is 0 Å². The number of pyridine rings is 1. The molecule has 0 spiro atoms. The Morgan fingerprint density at radius 1 is 1.09 bits per heavy atom. The van der Waals surface area contributed by atoms with E-state index in [-0.39, 0.29) is 12.1 Å². The van der Waals surface area contributed by atoms with Crippen LogP contribution in [0.4, 0.5) is 17.6 Å². The largest absolute Gasteiger partial charge is 0.457 e. The second kappa shape index (κ2) is 9.90. The number of carbonyl (C=O) groups is 1. The van der Waals surface area contributed by atoms with Gasteiger partial charge in [0, 0.05) is 30.9 Å². The SMILES string of the molecule is O=C(NCCc1cccc(Oc2ccnc(C3=NCCN3)c2)c1)c1ccc(F)c(C(F)(F)F)c1. The Labute approximate surface area is 192 Å². The number of alkyl halides is 3. The number of amides is 1. The molecular formula is C24H20F4N4O2. The van der Waals surface area contributed by atoms with E-state index in [2.05, 4.69) is 20.6 Å². The zero-order chi connectivity index (χ0) is 24.1. The average molecular weight is 472 g/mol. The number of amidine groups is 1. The molecule has 0 atom stereocenters. The smallest absolute Gasteiger partial charge is 0.419 e. The number of ether oxygens (including phenoxy) is 1. The molecule has 1 amide bonds. The van der Waals surface area contributed by atoms with E-state index in [4.69, 9.17) is 4.74 Å². The highest BCUT2D eigenvalue weighted by molar-refractivity contribution is 5.98. The lowest BCUT2D eigenvalue weighted by atomic mass is 10.1. The molecule has 0 unspecified atom stereocenters. The lowest BCUT2D eigenvalue weighted by Crippen LogP contribution is -2.26. The van der Waals surface area contributed by atoms with Gasteiger partial charge in [-0.2, -0.15) is 13.2 Å². The molecule has 10 heteroatoms. The zero-order valence-corrected chi connectivity index (χ0v) is 17.8. The van der Waals surface area contributed by atoms with Crippen LogP contribution in [-0.4, -0.2) is 36.4 Å². The maximum absolute atomic E-state index is 13.4. The zero-order valence-electron chi connectivity index (χ0n) is 17.8. The van der Waals surface area contributed by atoms with Gasteiger partial charge in [0.25, 0.3) is 5.91 Å². The second-order valence-electron chi connectivity index (χ2n) is 7.48. The monoisotopic (exact) mass is 472 g/mol. The van der Waals surface area contributed by atoms with E-state index in [0.717, 1.165) is 24.0 Å². The number of aromatic nitrogens is 1. The third kappa shape index (κ3) is 5.69.